The number of likely N-dealkylation sites (N-methyl/N-ethyl adjacent to an activating group) is 1. The Balaban J connectivity index is 2.21. The Labute approximate surface area is 116 Å². The quantitative estimate of drug-likeness (QED) is 0.656. The summed E-state index contributed by atoms with van der Waals surface area (Å²) in [7, 11) is 0. The summed E-state index contributed by atoms with van der Waals surface area (Å²) in [6.45, 7) is 3.83. The highest BCUT2D eigenvalue weighted by molar-refractivity contribution is 5.97. The van der Waals surface area contributed by atoms with Gasteiger partial charge in [-0.3, -0.25) is 14.4 Å². The van der Waals surface area contributed by atoms with E-state index in [2.05, 4.69) is 15.6 Å². The van der Waals surface area contributed by atoms with Gasteiger partial charge >= 0.3 is 0 Å². The van der Waals surface area contributed by atoms with Crippen LogP contribution in [0.2, 0.25) is 0 Å². The second kappa shape index (κ2) is 6.33. The Kier molecular flexibility index (Phi) is 4.52. The van der Waals surface area contributed by atoms with Crippen LogP contribution in [0.25, 0.3) is 0 Å². The van der Waals surface area contributed by atoms with Crippen LogP contribution in [-0.2, 0) is 4.79 Å². The van der Waals surface area contributed by atoms with E-state index in [9.17, 15) is 14.4 Å². The second-order valence-electron chi connectivity index (χ2n) is 4.55. The monoisotopic (exact) mass is 278 g/mol. The molecule has 0 saturated carbocycles. The summed E-state index contributed by atoms with van der Waals surface area (Å²) in [5.41, 5.74) is -0.0366. The van der Waals surface area contributed by atoms with E-state index in [0.29, 0.717) is 31.7 Å². The molecule has 1 aromatic heterocycles. The van der Waals surface area contributed by atoms with Gasteiger partial charge < -0.3 is 20.5 Å². The average Bonchev–Trinajstić information content (AvgIpc) is 2.47. The molecule has 1 aliphatic rings. The molecule has 1 aromatic rings. The van der Waals surface area contributed by atoms with E-state index >= 15 is 0 Å². The first-order valence-electron chi connectivity index (χ1n) is 6.61. The Hall–Kier alpha value is -2.15. The maximum absolute atomic E-state index is 12.4. The van der Waals surface area contributed by atoms with Gasteiger partial charge in [0, 0.05) is 44.0 Å². The average molecular weight is 278 g/mol. The number of nitrogens with zero attached hydrogens (tertiary/aromatic N) is 1. The predicted molar refractivity (Wildman–Crippen MR) is 73.4 cm³/mol. The highest BCUT2D eigenvalue weighted by Gasteiger charge is 2.32. The Bertz CT molecular complexity index is 555. The van der Waals surface area contributed by atoms with Crippen molar-refractivity contribution in [3.8, 4) is 0 Å². The zero-order chi connectivity index (χ0) is 14.5. The molecule has 0 spiro atoms. The number of aromatic amines is 1. The molecule has 1 saturated heterocycles. The minimum Gasteiger partial charge on any atom is -0.355 e. The summed E-state index contributed by atoms with van der Waals surface area (Å²) in [6, 6.07) is 2.25. The van der Waals surface area contributed by atoms with Gasteiger partial charge in [-0.2, -0.15) is 0 Å². The summed E-state index contributed by atoms with van der Waals surface area (Å²) in [4.78, 5) is 39.7. The molecule has 0 aliphatic carbocycles. The highest BCUT2D eigenvalue weighted by atomic mass is 16.2. The normalized spacial score (nSPS) is 18.6. The number of hydrogen-bond acceptors (Lipinski definition) is 4. The van der Waals surface area contributed by atoms with Gasteiger partial charge in [-0.05, 0) is 13.0 Å². The van der Waals surface area contributed by atoms with Crippen LogP contribution in [0.3, 0.4) is 0 Å². The van der Waals surface area contributed by atoms with Crippen molar-refractivity contribution in [3.63, 3.8) is 0 Å². The summed E-state index contributed by atoms with van der Waals surface area (Å²) in [5.74, 6) is -0.480. The van der Waals surface area contributed by atoms with Gasteiger partial charge in [-0.1, -0.05) is 0 Å². The van der Waals surface area contributed by atoms with Crippen LogP contribution in [0.1, 0.15) is 17.3 Å². The van der Waals surface area contributed by atoms with Gasteiger partial charge in [-0.25, -0.2) is 0 Å². The van der Waals surface area contributed by atoms with Crippen LogP contribution in [0.5, 0.6) is 0 Å². The number of nitrogens with one attached hydrogen (secondary N) is 3. The van der Waals surface area contributed by atoms with Gasteiger partial charge in [0.25, 0.3) is 5.91 Å². The third-order valence-electron chi connectivity index (χ3n) is 3.18. The van der Waals surface area contributed by atoms with E-state index in [1.165, 1.54) is 17.2 Å². The molecule has 3 N–H and O–H groups in total. The topological polar surface area (TPSA) is 94.3 Å². The standard InChI is InChI=1S/C13H18N4O3/c1-2-15-12(19)10-8-14-5-6-17(10)13(20)9-3-4-16-11(18)7-9/h3-4,7,10,14H,2,5-6,8H2,1H3,(H,15,19)(H,16,18). The molecule has 0 radical (unpaired) electrons. The van der Waals surface area contributed by atoms with Gasteiger partial charge in [0.1, 0.15) is 6.04 Å². The fourth-order valence-electron chi connectivity index (χ4n) is 2.22. The number of carbonyl (C=O) groups excluding carboxylic acids is 2. The van der Waals surface area contributed by atoms with Crippen molar-refractivity contribution in [2.24, 2.45) is 0 Å². The smallest absolute Gasteiger partial charge is 0.254 e. The number of amides is 2. The van der Waals surface area contributed by atoms with E-state index in [4.69, 9.17) is 0 Å². The Morgan fingerprint density at radius 3 is 3.00 bits per heavy atom. The lowest BCUT2D eigenvalue weighted by Gasteiger charge is -2.35. The summed E-state index contributed by atoms with van der Waals surface area (Å²) in [6.07, 6.45) is 1.43. The third kappa shape index (κ3) is 3.05. The number of aromatic nitrogens is 1. The molecular formula is C13H18N4O3. The Morgan fingerprint density at radius 2 is 2.30 bits per heavy atom. The number of rotatable bonds is 3. The second-order valence-corrected chi connectivity index (χ2v) is 4.55. The minimum atomic E-state index is -0.546. The van der Waals surface area contributed by atoms with E-state index in [1.807, 2.05) is 6.92 Å². The number of carbonyl (C=O) groups is 2. The lowest BCUT2D eigenvalue weighted by atomic mass is 10.1. The van der Waals surface area contributed by atoms with Crippen molar-refractivity contribution in [2.75, 3.05) is 26.2 Å². The van der Waals surface area contributed by atoms with Crippen LogP contribution >= 0.6 is 0 Å². The van der Waals surface area contributed by atoms with Crippen molar-refractivity contribution in [1.82, 2.24) is 20.5 Å². The van der Waals surface area contributed by atoms with Crippen LogP contribution in [0, 0.1) is 0 Å². The van der Waals surface area contributed by atoms with Crippen molar-refractivity contribution in [2.45, 2.75) is 13.0 Å². The lowest BCUT2D eigenvalue weighted by molar-refractivity contribution is -0.126. The SMILES string of the molecule is CCNC(=O)C1CNCCN1C(=O)c1cc[nH]c(=O)c1. The zero-order valence-electron chi connectivity index (χ0n) is 11.3. The van der Waals surface area contributed by atoms with Gasteiger partial charge in [0.15, 0.2) is 0 Å². The molecule has 1 unspecified atom stereocenters. The van der Waals surface area contributed by atoms with E-state index in [-0.39, 0.29) is 17.4 Å². The maximum Gasteiger partial charge on any atom is 0.254 e. The molecule has 0 bridgehead atoms. The molecule has 1 atom stereocenters. The molecule has 2 amide bonds. The number of piperazine rings is 1. The highest BCUT2D eigenvalue weighted by Crippen LogP contribution is 2.09. The summed E-state index contributed by atoms with van der Waals surface area (Å²) < 4.78 is 0. The third-order valence-corrected chi connectivity index (χ3v) is 3.18. The zero-order valence-corrected chi connectivity index (χ0v) is 11.3. The van der Waals surface area contributed by atoms with E-state index in [1.54, 1.807) is 6.07 Å². The summed E-state index contributed by atoms with van der Waals surface area (Å²) >= 11 is 0. The predicted octanol–water partition coefficient (Wildman–Crippen LogP) is -1.07. The van der Waals surface area contributed by atoms with Gasteiger partial charge in [-0.15, -0.1) is 0 Å². The molecule has 20 heavy (non-hydrogen) atoms. The minimum absolute atomic E-state index is 0.183. The molecular weight excluding hydrogens is 260 g/mol. The van der Waals surface area contributed by atoms with E-state index in [0.717, 1.165) is 0 Å². The van der Waals surface area contributed by atoms with Crippen LogP contribution < -0.4 is 16.2 Å². The number of pyridine rings is 1. The van der Waals surface area contributed by atoms with Crippen molar-refractivity contribution >= 4 is 11.8 Å². The van der Waals surface area contributed by atoms with Crippen molar-refractivity contribution < 1.29 is 9.59 Å². The molecule has 7 nitrogen and oxygen atoms in total. The molecule has 1 fully saturated rings. The first-order valence-corrected chi connectivity index (χ1v) is 6.61. The van der Waals surface area contributed by atoms with E-state index < -0.39 is 6.04 Å². The van der Waals surface area contributed by atoms with Crippen molar-refractivity contribution in [1.29, 1.82) is 0 Å². The fraction of sp³-hybridized carbons (Fsp3) is 0.462. The molecule has 0 aromatic carbocycles. The molecule has 7 heteroatoms. The van der Waals surface area contributed by atoms with Gasteiger partial charge in [0.05, 0.1) is 0 Å². The fourth-order valence-corrected chi connectivity index (χ4v) is 2.22. The summed E-state index contributed by atoms with van der Waals surface area (Å²) in [5, 5.41) is 5.82. The number of H-pyrrole nitrogens is 1. The van der Waals surface area contributed by atoms with Crippen molar-refractivity contribution in [3.05, 3.63) is 34.2 Å². The molecule has 1 aliphatic heterocycles. The van der Waals surface area contributed by atoms with Crippen LogP contribution in [0.15, 0.2) is 23.1 Å². The number of hydrogen-bond donors (Lipinski definition) is 3. The Morgan fingerprint density at radius 1 is 1.50 bits per heavy atom. The first kappa shape index (κ1) is 14.3. The van der Waals surface area contributed by atoms with Crippen LogP contribution in [-0.4, -0.2) is 53.9 Å². The first-order chi connectivity index (χ1) is 9.63. The van der Waals surface area contributed by atoms with Gasteiger partial charge in [0.2, 0.25) is 11.5 Å². The largest absolute Gasteiger partial charge is 0.355 e. The maximum atomic E-state index is 12.4. The lowest BCUT2D eigenvalue weighted by Crippen LogP contribution is -2.59. The molecule has 2 rings (SSSR count). The molecule has 2 heterocycles. The molecule has 108 valence electrons. The van der Waals surface area contributed by atoms with Crippen LogP contribution in [0.4, 0.5) is 0 Å².